The molecule has 3 rings (SSSR count). The highest BCUT2D eigenvalue weighted by Crippen LogP contribution is 2.34. The number of anilines is 2. The number of nitrogens with one attached hydrogen (secondary N) is 3. The molecular formula is C22H27N3O5S. The summed E-state index contributed by atoms with van der Waals surface area (Å²) in [6, 6.07) is 14.4. The highest BCUT2D eigenvalue weighted by molar-refractivity contribution is 7.92. The van der Waals surface area contributed by atoms with Crippen LogP contribution in [0.2, 0.25) is 0 Å². The second-order valence-corrected chi connectivity index (χ2v) is 9.51. The topological polar surface area (TPSA) is 114 Å². The van der Waals surface area contributed by atoms with Gasteiger partial charge < -0.3 is 15.4 Å². The molecule has 1 aliphatic heterocycles. The van der Waals surface area contributed by atoms with Gasteiger partial charge in [-0.2, -0.15) is 0 Å². The smallest absolute Gasteiger partial charge is 0.253 e. The largest absolute Gasteiger partial charge is 0.381 e. The highest BCUT2D eigenvalue weighted by Gasteiger charge is 2.35. The summed E-state index contributed by atoms with van der Waals surface area (Å²) in [5, 5.41) is 5.59. The van der Waals surface area contributed by atoms with Crippen LogP contribution in [0.1, 0.15) is 35.7 Å². The highest BCUT2D eigenvalue weighted by atomic mass is 32.2. The molecule has 2 aromatic rings. The maximum atomic E-state index is 13.1. The first-order valence-electron chi connectivity index (χ1n) is 9.99. The Labute approximate surface area is 182 Å². The van der Waals surface area contributed by atoms with Crippen LogP contribution in [0.4, 0.5) is 11.4 Å². The summed E-state index contributed by atoms with van der Waals surface area (Å²) in [5.41, 5.74) is 1.54. The van der Waals surface area contributed by atoms with Crippen molar-refractivity contribution >= 4 is 33.2 Å². The monoisotopic (exact) mass is 445 g/mol. The lowest BCUT2D eigenvalue weighted by Crippen LogP contribution is -2.44. The maximum Gasteiger partial charge on any atom is 0.253 e. The van der Waals surface area contributed by atoms with Crippen LogP contribution in [0.25, 0.3) is 0 Å². The molecule has 2 amide bonds. The van der Waals surface area contributed by atoms with E-state index in [1.165, 1.54) is 25.1 Å². The minimum Gasteiger partial charge on any atom is -0.381 e. The van der Waals surface area contributed by atoms with E-state index in [-0.39, 0.29) is 22.6 Å². The van der Waals surface area contributed by atoms with E-state index >= 15 is 0 Å². The van der Waals surface area contributed by atoms with Crippen LogP contribution >= 0.6 is 0 Å². The molecule has 1 heterocycles. The van der Waals surface area contributed by atoms with Gasteiger partial charge in [-0.3, -0.25) is 14.3 Å². The van der Waals surface area contributed by atoms with E-state index in [1.54, 1.807) is 0 Å². The van der Waals surface area contributed by atoms with Gasteiger partial charge in [0.2, 0.25) is 15.9 Å². The summed E-state index contributed by atoms with van der Waals surface area (Å²) in [6.07, 6.45) is 2.54. The average Bonchev–Trinajstić information content (AvgIpc) is 2.73. The average molecular weight is 446 g/mol. The van der Waals surface area contributed by atoms with Crippen molar-refractivity contribution in [1.29, 1.82) is 0 Å². The normalized spacial score (nSPS) is 15.7. The van der Waals surface area contributed by atoms with Crippen LogP contribution < -0.4 is 15.4 Å². The minimum atomic E-state index is -3.59. The lowest BCUT2D eigenvalue weighted by Gasteiger charge is -2.38. The maximum absolute atomic E-state index is 13.1. The van der Waals surface area contributed by atoms with Gasteiger partial charge in [0.25, 0.3) is 5.91 Å². The van der Waals surface area contributed by atoms with Crippen molar-refractivity contribution in [3.8, 4) is 0 Å². The number of amides is 2. The molecule has 0 aliphatic carbocycles. The van der Waals surface area contributed by atoms with E-state index in [1.807, 2.05) is 30.3 Å². The number of hydrogen-bond acceptors (Lipinski definition) is 5. The molecule has 1 aliphatic rings. The van der Waals surface area contributed by atoms with Gasteiger partial charge in [0.15, 0.2) is 0 Å². The first kappa shape index (κ1) is 22.8. The molecule has 9 heteroatoms. The summed E-state index contributed by atoms with van der Waals surface area (Å²) >= 11 is 0. The van der Waals surface area contributed by atoms with Crippen LogP contribution in [-0.2, 0) is 25.0 Å². The second kappa shape index (κ2) is 9.49. The number of ether oxygens (including phenoxy) is 1. The minimum absolute atomic E-state index is 0.131. The zero-order valence-electron chi connectivity index (χ0n) is 17.6. The van der Waals surface area contributed by atoms with Gasteiger partial charge in [-0.15, -0.1) is 0 Å². The van der Waals surface area contributed by atoms with E-state index in [2.05, 4.69) is 15.4 Å². The third-order valence-electron chi connectivity index (χ3n) is 5.30. The molecule has 31 heavy (non-hydrogen) atoms. The van der Waals surface area contributed by atoms with Crippen molar-refractivity contribution in [3.05, 3.63) is 59.7 Å². The van der Waals surface area contributed by atoms with E-state index in [0.29, 0.717) is 25.4 Å². The summed E-state index contributed by atoms with van der Waals surface area (Å²) in [4.78, 5) is 24.5. The fourth-order valence-electron chi connectivity index (χ4n) is 3.77. The molecule has 2 aromatic carbocycles. The van der Waals surface area contributed by atoms with Crippen molar-refractivity contribution in [2.24, 2.45) is 0 Å². The Kier molecular flexibility index (Phi) is 6.97. The summed E-state index contributed by atoms with van der Waals surface area (Å²) in [6.45, 7) is 2.94. The third kappa shape index (κ3) is 6.05. The molecule has 1 fully saturated rings. The van der Waals surface area contributed by atoms with E-state index in [9.17, 15) is 18.0 Å². The molecule has 166 valence electrons. The molecule has 0 atom stereocenters. The van der Waals surface area contributed by atoms with Crippen molar-refractivity contribution in [3.63, 3.8) is 0 Å². The fourth-order valence-corrected chi connectivity index (χ4v) is 4.35. The molecule has 1 saturated heterocycles. The van der Waals surface area contributed by atoms with E-state index in [4.69, 9.17) is 4.74 Å². The lowest BCUT2D eigenvalue weighted by molar-refractivity contribution is -0.114. The Morgan fingerprint density at radius 2 is 1.74 bits per heavy atom. The van der Waals surface area contributed by atoms with Gasteiger partial charge in [0, 0.05) is 37.8 Å². The molecule has 0 aromatic heterocycles. The standard InChI is InChI=1S/C22H27N3O5S/c1-16(26)24-18-8-9-20(25-31(2,28)29)19(14-18)21(27)23-15-22(10-12-30-13-11-22)17-6-4-3-5-7-17/h3-9,14,25H,10-13,15H2,1-2H3,(H,23,27)(H,24,26). The zero-order valence-corrected chi connectivity index (χ0v) is 18.4. The molecule has 3 N–H and O–H groups in total. The number of sulfonamides is 1. The Morgan fingerprint density at radius 3 is 2.35 bits per heavy atom. The van der Waals surface area contributed by atoms with E-state index < -0.39 is 15.9 Å². The first-order valence-corrected chi connectivity index (χ1v) is 11.9. The molecule has 0 unspecified atom stereocenters. The predicted molar refractivity (Wildman–Crippen MR) is 120 cm³/mol. The molecule has 8 nitrogen and oxygen atoms in total. The van der Waals surface area contributed by atoms with Crippen molar-refractivity contribution < 1.29 is 22.7 Å². The van der Waals surface area contributed by atoms with Crippen LogP contribution in [-0.4, -0.2) is 46.2 Å². The summed E-state index contributed by atoms with van der Waals surface area (Å²) < 4.78 is 31.4. The SMILES string of the molecule is CC(=O)Nc1ccc(NS(C)(=O)=O)c(C(=O)NCC2(c3ccccc3)CCOCC2)c1. The van der Waals surface area contributed by atoms with Gasteiger partial charge >= 0.3 is 0 Å². The fraction of sp³-hybridized carbons (Fsp3) is 0.364. The van der Waals surface area contributed by atoms with Crippen molar-refractivity contribution in [2.45, 2.75) is 25.2 Å². The van der Waals surface area contributed by atoms with Crippen LogP contribution in [0, 0.1) is 0 Å². The molecule has 0 radical (unpaired) electrons. The molecule has 0 spiro atoms. The van der Waals surface area contributed by atoms with Crippen LogP contribution in [0.15, 0.2) is 48.5 Å². The first-order chi connectivity index (χ1) is 14.7. The number of rotatable bonds is 7. The van der Waals surface area contributed by atoms with Gasteiger partial charge in [0.05, 0.1) is 17.5 Å². The molecular weight excluding hydrogens is 418 g/mol. The van der Waals surface area contributed by atoms with Gasteiger partial charge in [-0.1, -0.05) is 30.3 Å². The van der Waals surface area contributed by atoms with Crippen LogP contribution in [0.3, 0.4) is 0 Å². The quantitative estimate of drug-likeness (QED) is 0.606. The lowest BCUT2D eigenvalue weighted by atomic mass is 9.74. The zero-order chi connectivity index (χ0) is 22.5. The Bertz CT molecular complexity index is 1050. The number of benzene rings is 2. The second-order valence-electron chi connectivity index (χ2n) is 7.76. The van der Waals surface area contributed by atoms with Gasteiger partial charge in [-0.25, -0.2) is 8.42 Å². The third-order valence-corrected chi connectivity index (χ3v) is 5.89. The van der Waals surface area contributed by atoms with Crippen LogP contribution in [0.5, 0.6) is 0 Å². The Morgan fingerprint density at radius 1 is 1.06 bits per heavy atom. The Hall–Kier alpha value is -2.91. The van der Waals surface area contributed by atoms with Gasteiger partial charge in [-0.05, 0) is 36.6 Å². The van der Waals surface area contributed by atoms with Crippen molar-refractivity contribution in [1.82, 2.24) is 5.32 Å². The predicted octanol–water partition coefficient (Wildman–Crippen LogP) is 2.49. The van der Waals surface area contributed by atoms with E-state index in [0.717, 1.165) is 24.7 Å². The van der Waals surface area contributed by atoms with Gasteiger partial charge in [0.1, 0.15) is 0 Å². The number of hydrogen-bond donors (Lipinski definition) is 3. The summed E-state index contributed by atoms with van der Waals surface area (Å²) in [7, 11) is -3.59. The van der Waals surface area contributed by atoms with Crippen molar-refractivity contribution in [2.75, 3.05) is 36.1 Å². The molecule has 0 bridgehead atoms. The number of carbonyl (C=O) groups excluding carboxylic acids is 2. The summed E-state index contributed by atoms with van der Waals surface area (Å²) in [5.74, 6) is -0.722. The molecule has 0 saturated carbocycles. The number of carbonyl (C=O) groups is 2. The Balaban J connectivity index is 1.87.